The number of hydrogen-bond acceptors (Lipinski definition) is 4. The normalized spacial score (nSPS) is 11.1. The number of hydrogen-bond donors (Lipinski definition) is 2. The summed E-state index contributed by atoms with van der Waals surface area (Å²) in [6, 6.07) is 11.2. The Balaban J connectivity index is 1.93. The van der Waals surface area contributed by atoms with Crippen LogP contribution < -0.4 is 10.2 Å². The first-order valence-corrected chi connectivity index (χ1v) is 8.21. The van der Waals surface area contributed by atoms with Crippen LogP contribution in [0.1, 0.15) is 42.0 Å². The Morgan fingerprint density at radius 2 is 1.88 bits per heavy atom. The molecule has 0 unspecified atom stereocenters. The Morgan fingerprint density at radius 1 is 1.20 bits per heavy atom. The lowest BCUT2D eigenvalue weighted by molar-refractivity contribution is -0.123. The third kappa shape index (κ3) is 5.35. The molecule has 2 N–H and O–H groups in total. The predicted octanol–water partition coefficient (Wildman–Crippen LogP) is 3.66. The Labute approximate surface area is 148 Å². The van der Waals surface area contributed by atoms with Crippen LogP contribution in [0.4, 0.5) is 0 Å². The van der Waals surface area contributed by atoms with Gasteiger partial charge in [-0.25, -0.2) is 5.43 Å². The van der Waals surface area contributed by atoms with Crippen LogP contribution in [-0.4, -0.2) is 23.8 Å². The molecule has 0 radical (unpaired) electrons. The average molecular weight is 340 g/mol. The van der Waals surface area contributed by atoms with Crippen LogP contribution in [0.25, 0.3) is 0 Å². The number of aryl methyl sites for hydroxylation is 2. The van der Waals surface area contributed by atoms with Gasteiger partial charge >= 0.3 is 0 Å². The highest BCUT2D eigenvalue weighted by molar-refractivity contribution is 5.85. The molecule has 0 aromatic heterocycles. The van der Waals surface area contributed by atoms with Crippen molar-refractivity contribution >= 4 is 12.1 Å². The molecule has 0 fully saturated rings. The summed E-state index contributed by atoms with van der Waals surface area (Å²) in [6.45, 7) is 7.90. The minimum atomic E-state index is -0.362. The van der Waals surface area contributed by atoms with Crippen LogP contribution in [0.3, 0.4) is 0 Å². The molecule has 5 nitrogen and oxygen atoms in total. The van der Waals surface area contributed by atoms with E-state index in [2.05, 4.69) is 24.4 Å². The van der Waals surface area contributed by atoms with Crippen LogP contribution in [0, 0.1) is 13.8 Å². The van der Waals surface area contributed by atoms with Gasteiger partial charge in [-0.15, -0.1) is 0 Å². The highest BCUT2D eigenvalue weighted by Gasteiger charge is 2.10. The molecule has 2 aromatic rings. The van der Waals surface area contributed by atoms with Crippen molar-refractivity contribution in [3.63, 3.8) is 0 Å². The van der Waals surface area contributed by atoms with Crippen molar-refractivity contribution in [1.82, 2.24) is 5.43 Å². The molecule has 0 spiro atoms. The molecular weight excluding hydrogens is 316 g/mol. The number of hydrazone groups is 1. The first-order chi connectivity index (χ1) is 11.9. The largest absolute Gasteiger partial charge is 0.507 e. The Hall–Kier alpha value is -2.82. The van der Waals surface area contributed by atoms with Crippen LogP contribution in [0.2, 0.25) is 0 Å². The topological polar surface area (TPSA) is 70.9 Å². The molecule has 0 saturated heterocycles. The van der Waals surface area contributed by atoms with Gasteiger partial charge < -0.3 is 9.84 Å². The van der Waals surface area contributed by atoms with E-state index < -0.39 is 0 Å². The lowest BCUT2D eigenvalue weighted by atomic mass is 10.0. The highest BCUT2D eigenvalue weighted by atomic mass is 16.5. The second kappa shape index (κ2) is 8.33. The SMILES string of the molecule is Cc1ccc(/C=N\NC(=O)COc2cc(C)ccc2C(C)C)c(O)c1. The maximum absolute atomic E-state index is 11.9. The third-order valence-electron chi connectivity index (χ3n) is 3.73. The molecular formula is C20H24N2O3. The molecule has 25 heavy (non-hydrogen) atoms. The summed E-state index contributed by atoms with van der Waals surface area (Å²) in [5, 5.41) is 13.6. The average Bonchev–Trinajstić information content (AvgIpc) is 2.54. The Bertz CT molecular complexity index is 783. The first-order valence-electron chi connectivity index (χ1n) is 8.21. The lowest BCUT2D eigenvalue weighted by Gasteiger charge is -2.14. The van der Waals surface area contributed by atoms with Crippen molar-refractivity contribution in [3.05, 3.63) is 58.7 Å². The summed E-state index contributed by atoms with van der Waals surface area (Å²) >= 11 is 0. The summed E-state index contributed by atoms with van der Waals surface area (Å²) in [6.07, 6.45) is 1.40. The number of carbonyl (C=O) groups excluding carboxylic acids is 1. The van der Waals surface area contributed by atoms with E-state index >= 15 is 0 Å². The molecule has 0 heterocycles. The van der Waals surface area contributed by atoms with Crippen molar-refractivity contribution in [1.29, 1.82) is 0 Å². The van der Waals surface area contributed by atoms with Crippen molar-refractivity contribution in [2.45, 2.75) is 33.6 Å². The second-order valence-corrected chi connectivity index (χ2v) is 6.34. The van der Waals surface area contributed by atoms with Gasteiger partial charge in [0.1, 0.15) is 11.5 Å². The first kappa shape index (κ1) is 18.5. The summed E-state index contributed by atoms with van der Waals surface area (Å²) in [4.78, 5) is 11.9. The zero-order chi connectivity index (χ0) is 18.4. The smallest absolute Gasteiger partial charge is 0.277 e. The van der Waals surface area contributed by atoms with Crippen molar-refractivity contribution in [2.75, 3.05) is 6.61 Å². The van der Waals surface area contributed by atoms with Gasteiger partial charge in [-0.3, -0.25) is 4.79 Å². The molecule has 132 valence electrons. The quantitative estimate of drug-likeness (QED) is 0.623. The van der Waals surface area contributed by atoms with Gasteiger partial charge in [0.25, 0.3) is 5.91 Å². The van der Waals surface area contributed by atoms with Crippen molar-refractivity contribution in [2.24, 2.45) is 5.10 Å². The van der Waals surface area contributed by atoms with Gasteiger partial charge in [0, 0.05) is 5.56 Å². The van der Waals surface area contributed by atoms with Gasteiger partial charge in [0.05, 0.1) is 6.21 Å². The van der Waals surface area contributed by atoms with Crippen LogP contribution in [0.15, 0.2) is 41.5 Å². The van der Waals surface area contributed by atoms with E-state index in [4.69, 9.17) is 4.74 Å². The number of ether oxygens (including phenoxy) is 1. The van der Waals surface area contributed by atoms with E-state index in [1.807, 2.05) is 38.1 Å². The minimum Gasteiger partial charge on any atom is -0.507 e. The third-order valence-corrected chi connectivity index (χ3v) is 3.73. The Kier molecular flexibility index (Phi) is 6.17. The van der Waals surface area contributed by atoms with Gasteiger partial charge in [0.2, 0.25) is 0 Å². The van der Waals surface area contributed by atoms with Gasteiger partial charge in [-0.1, -0.05) is 32.0 Å². The number of rotatable bonds is 6. The molecule has 2 aromatic carbocycles. The molecule has 0 saturated carbocycles. The monoisotopic (exact) mass is 340 g/mol. The fraction of sp³-hybridized carbons (Fsp3) is 0.300. The van der Waals surface area contributed by atoms with Crippen LogP contribution >= 0.6 is 0 Å². The number of benzene rings is 2. The molecule has 0 aliphatic rings. The highest BCUT2D eigenvalue weighted by Crippen LogP contribution is 2.27. The molecule has 1 amide bonds. The molecule has 5 heteroatoms. The number of nitrogens with zero attached hydrogens (tertiary/aromatic N) is 1. The molecule has 2 rings (SSSR count). The zero-order valence-corrected chi connectivity index (χ0v) is 15.0. The van der Waals surface area contributed by atoms with E-state index in [1.165, 1.54) is 6.21 Å². The number of amides is 1. The maximum atomic E-state index is 11.9. The zero-order valence-electron chi connectivity index (χ0n) is 15.0. The predicted molar refractivity (Wildman–Crippen MR) is 99.3 cm³/mol. The summed E-state index contributed by atoms with van der Waals surface area (Å²) in [5.41, 5.74) is 6.02. The molecule has 0 atom stereocenters. The number of nitrogens with one attached hydrogen (secondary N) is 1. The number of phenolic OH excluding ortho intramolecular Hbond substituents is 1. The van der Waals surface area contributed by atoms with E-state index in [-0.39, 0.29) is 18.3 Å². The van der Waals surface area contributed by atoms with E-state index in [1.54, 1.807) is 12.1 Å². The van der Waals surface area contributed by atoms with E-state index in [0.29, 0.717) is 17.2 Å². The number of aromatic hydroxyl groups is 1. The van der Waals surface area contributed by atoms with Crippen molar-refractivity contribution in [3.8, 4) is 11.5 Å². The molecule has 0 bridgehead atoms. The van der Waals surface area contributed by atoms with Crippen LogP contribution in [0.5, 0.6) is 11.5 Å². The summed E-state index contributed by atoms with van der Waals surface area (Å²) < 4.78 is 5.65. The maximum Gasteiger partial charge on any atom is 0.277 e. The fourth-order valence-corrected chi connectivity index (χ4v) is 2.36. The van der Waals surface area contributed by atoms with E-state index in [9.17, 15) is 9.90 Å². The Morgan fingerprint density at radius 3 is 2.56 bits per heavy atom. The lowest BCUT2D eigenvalue weighted by Crippen LogP contribution is -2.25. The van der Waals surface area contributed by atoms with Gasteiger partial charge in [0.15, 0.2) is 6.61 Å². The fourth-order valence-electron chi connectivity index (χ4n) is 2.36. The van der Waals surface area contributed by atoms with Gasteiger partial charge in [-0.05, 0) is 54.7 Å². The van der Waals surface area contributed by atoms with Crippen LogP contribution in [-0.2, 0) is 4.79 Å². The minimum absolute atomic E-state index is 0.121. The van der Waals surface area contributed by atoms with Gasteiger partial charge in [-0.2, -0.15) is 5.10 Å². The van der Waals surface area contributed by atoms with E-state index in [0.717, 1.165) is 16.7 Å². The van der Waals surface area contributed by atoms with Crippen molar-refractivity contribution < 1.29 is 14.6 Å². The molecule has 0 aliphatic heterocycles. The summed E-state index contributed by atoms with van der Waals surface area (Å²) in [7, 11) is 0. The standard InChI is InChI=1S/C20H24N2O3/c1-13(2)17-8-6-15(4)10-19(17)25-12-20(24)22-21-11-16-7-5-14(3)9-18(16)23/h5-11,13,23H,12H2,1-4H3,(H,22,24)/b21-11-. The second-order valence-electron chi connectivity index (χ2n) is 6.34. The molecule has 0 aliphatic carbocycles. The number of phenols is 1. The summed E-state index contributed by atoms with van der Waals surface area (Å²) in [5.74, 6) is 0.779. The number of carbonyl (C=O) groups is 1.